The van der Waals surface area contributed by atoms with Gasteiger partial charge in [-0.05, 0) is 35.9 Å². The van der Waals surface area contributed by atoms with E-state index in [2.05, 4.69) is 16.4 Å². The minimum absolute atomic E-state index is 0.213. The van der Waals surface area contributed by atoms with Crippen LogP contribution >= 0.6 is 0 Å². The van der Waals surface area contributed by atoms with Crippen molar-refractivity contribution in [3.05, 3.63) is 70.8 Å². The summed E-state index contributed by atoms with van der Waals surface area (Å²) in [6, 6.07) is 13.4. The summed E-state index contributed by atoms with van der Waals surface area (Å²) in [7, 11) is 1.66. The molecule has 0 bridgehead atoms. The van der Waals surface area contributed by atoms with E-state index in [1.54, 1.807) is 24.9 Å². The van der Waals surface area contributed by atoms with Gasteiger partial charge >= 0.3 is 0 Å². The second-order valence-electron chi connectivity index (χ2n) is 6.60. The van der Waals surface area contributed by atoms with Crippen molar-refractivity contribution in [3.63, 3.8) is 0 Å². The maximum absolute atomic E-state index is 11.5. The first-order valence-corrected chi connectivity index (χ1v) is 8.92. The van der Waals surface area contributed by atoms with Gasteiger partial charge in [0.15, 0.2) is 5.75 Å². The molecular weight excluding hydrogens is 356 g/mol. The predicted molar refractivity (Wildman–Crippen MR) is 107 cm³/mol. The molecule has 4 aromatic rings. The van der Waals surface area contributed by atoms with Gasteiger partial charge in [0.25, 0.3) is 0 Å². The summed E-state index contributed by atoms with van der Waals surface area (Å²) in [5.74, 6) is 0.615. The Kier molecular flexibility index (Phi) is 4.57. The molecule has 0 aliphatic carbocycles. The van der Waals surface area contributed by atoms with E-state index in [9.17, 15) is 9.90 Å². The lowest BCUT2D eigenvalue weighted by molar-refractivity contribution is 0.415. The SMILES string of the molecule is COc1ccc2cc(-c3cn(CCn4ccc(=O)c(O)c4C)nn3)ccc2c1. The molecule has 2 aromatic heterocycles. The van der Waals surface area contributed by atoms with Crippen LogP contribution in [0.5, 0.6) is 11.5 Å². The molecule has 4 rings (SSSR count). The molecule has 7 heteroatoms. The van der Waals surface area contributed by atoms with Crippen molar-refractivity contribution in [1.82, 2.24) is 19.6 Å². The lowest BCUT2D eigenvalue weighted by atomic mass is 10.1. The Balaban J connectivity index is 1.53. The van der Waals surface area contributed by atoms with E-state index in [0.29, 0.717) is 18.8 Å². The van der Waals surface area contributed by atoms with Crippen molar-refractivity contribution in [2.75, 3.05) is 7.11 Å². The number of ether oxygens (including phenoxy) is 1. The zero-order valence-corrected chi connectivity index (χ0v) is 15.7. The number of rotatable bonds is 5. The molecule has 0 aliphatic rings. The number of nitrogens with zero attached hydrogens (tertiary/aromatic N) is 4. The number of fused-ring (bicyclic) bond motifs is 1. The van der Waals surface area contributed by atoms with Gasteiger partial charge in [-0.3, -0.25) is 9.48 Å². The third-order valence-corrected chi connectivity index (χ3v) is 4.86. The van der Waals surface area contributed by atoms with Crippen LogP contribution < -0.4 is 10.2 Å². The van der Waals surface area contributed by atoms with Gasteiger partial charge in [-0.25, -0.2) is 0 Å². The molecule has 0 radical (unpaired) electrons. The largest absolute Gasteiger partial charge is 0.503 e. The molecule has 0 atom stereocenters. The molecule has 28 heavy (non-hydrogen) atoms. The molecular formula is C21H20N4O3. The van der Waals surface area contributed by atoms with Crippen LogP contribution in [0.25, 0.3) is 22.0 Å². The smallest absolute Gasteiger partial charge is 0.223 e. The van der Waals surface area contributed by atoms with Crippen LogP contribution in [0.1, 0.15) is 5.69 Å². The average molecular weight is 376 g/mol. The fourth-order valence-corrected chi connectivity index (χ4v) is 3.17. The van der Waals surface area contributed by atoms with Gasteiger partial charge in [0.2, 0.25) is 5.43 Å². The molecule has 142 valence electrons. The molecule has 1 N–H and O–H groups in total. The highest BCUT2D eigenvalue weighted by atomic mass is 16.5. The van der Waals surface area contributed by atoms with Gasteiger partial charge in [-0.15, -0.1) is 5.10 Å². The molecule has 0 fully saturated rings. The van der Waals surface area contributed by atoms with Gasteiger partial charge < -0.3 is 14.4 Å². The minimum atomic E-state index is -0.370. The molecule has 0 saturated carbocycles. The number of aryl methyl sites for hydroxylation is 2. The van der Waals surface area contributed by atoms with E-state index in [1.807, 2.05) is 41.1 Å². The van der Waals surface area contributed by atoms with E-state index >= 15 is 0 Å². The van der Waals surface area contributed by atoms with Crippen LogP contribution in [0.15, 0.2) is 59.7 Å². The van der Waals surface area contributed by atoms with Gasteiger partial charge in [0.05, 0.1) is 25.5 Å². The van der Waals surface area contributed by atoms with Gasteiger partial charge in [-0.2, -0.15) is 0 Å². The molecule has 0 saturated heterocycles. The third-order valence-electron chi connectivity index (χ3n) is 4.86. The van der Waals surface area contributed by atoms with Gasteiger partial charge in [0, 0.05) is 24.4 Å². The number of hydrogen-bond acceptors (Lipinski definition) is 5. The zero-order valence-electron chi connectivity index (χ0n) is 15.7. The molecule has 0 aliphatic heterocycles. The Labute approximate surface area is 161 Å². The van der Waals surface area contributed by atoms with Crippen LogP contribution in [-0.2, 0) is 13.1 Å². The number of benzene rings is 2. The van der Waals surface area contributed by atoms with E-state index < -0.39 is 0 Å². The van der Waals surface area contributed by atoms with Crippen molar-refractivity contribution in [2.24, 2.45) is 0 Å². The predicted octanol–water partition coefficient (Wildman–Crippen LogP) is 2.98. The number of aromatic nitrogens is 4. The monoisotopic (exact) mass is 376 g/mol. The Hall–Kier alpha value is -3.61. The van der Waals surface area contributed by atoms with Crippen molar-refractivity contribution in [3.8, 4) is 22.8 Å². The van der Waals surface area contributed by atoms with Crippen LogP contribution in [0.3, 0.4) is 0 Å². The molecule has 2 heterocycles. The topological polar surface area (TPSA) is 82.2 Å². The Morgan fingerprint density at radius 1 is 1.07 bits per heavy atom. The molecule has 0 spiro atoms. The maximum Gasteiger partial charge on any atom is 0.223 e. The molecule has 2 aromatic carbocycles. The third kappa shape index (κ3) is 3.34. The van der Waals surface area contributed by atoms with Crippen LogP contribution in [0, 0.1) is 6.92 Å². The summed E-state index contributed by atoms with van der Waals surface area (Å²) in [4.78, 5) is 11.5. The summed E-state index contributed by atoms with van der Waals surface area (Å²) >= 11 is 0. The van der Waals surface area contributed by atoms with Crippen molar-refractivity contribution in [1.29, 1.82) is 0 Å². The minimum Gasteiger partial charge on any atom is -0.503 e. The second kappa shape index (κ2) is 7.19. The first kappa shape index (κ1) is 17.8. The summed E-state index contributed by atoms with van der Waals surface area (Å²) in [5, 5.41) is 20.5. The van der Waals surface area contributed by atoms with Crippen molar-refractivity contribution < 1.29 is 9.84 Å². The van der Waals surface area contributed by atoms with Gasteiger partial charge in [0.1, 0.15) is 11.4 Å². The van der Waals surface area contributed by atoms with Gasteiger partial charge in [-0.1, -0.05) is 23.4 Å². The first-order chi connectivity index (χ1) is 13.5. The Bertz CT molecular complexity index is 1210. The standard InChI is InChI=1S/C21H20N4O3/c1-14-21(27)20(26)7-8-24(14)9-10-25-13-19(22-23-25)17-4-3-16-12-18(28-2)6-5-15(16)11-17/h3-8,11-13,27H,9-10H2,1-2H3. The van der Waals surface area contributed by atoms with Crippen molar-refractivity contribution in [2.45, 2.75) is 20.0 Å². The summed E-state index contributed by atoms with van der Waals surface area (Å²) in [6.07, 6.45) is 3.56. The fourth-order valence-electron chi connectivity index (χ4n) is 3.17. The van der Waals surface area contributed by atoms with E-state index in [4.69, 9.17) is 4.74 Å². The average Bonchev–Trinajstić information content (AvgIpc) is 3.20. The summed E-state index contributed by atoms with van der Waals surface area (Å²) < 4.78 is 8.84. The Morgan fingerprint density at radius 2 is 1.86 bits per heavy atom. The highest BCUT2D eigenvalue weighted by Crippen LogP contribution is 2.26. The molecule has 7 nitrogen and oxygen atoms in total. The normalized spacial score (nSPS) is 11.1. The van der Waals surface area contributed by atoms with E-state index in [1.165, 1.54) is 6.07 Å². The second-order valence-corrected chi connectivity index (χ2v) is 6.60. The van der Waals surface area contributed by atoms with Crippen LogP contribution in [-0.4, -0.2) is 31.8 Å². The lowest BCUT2D eigenvalue weighted by Crippen LogP contribution is -2.14. The summed E-state index contributed by atoms with van der Waals surface area (Å²) in [5.41, 5.74) is 1.95. The lowest BCUT2D eigenvalue weighted by Gasteiger charge is -2.10. The first-order valence-electron chi connectivity index (χ1n) is 8.92. The van der Waals surface area contributed by atoms with Crippen LogP contribution in [0.2, 0.25) is 0 Å². The Morgan fingerprint density at radius 3 is 2.68 bits per heavy atom. The molecule has 0 unspecified atom stereocenters. The van der Waals surface area contributed by atoms with E-state index in [-0.39, 0.29) is 11.2 Å². The number of methoxy groups -OCH3 is 1. The number of hydrogen-bond donors (Lipinski definition) is 1. The van der Waals surface area contributed by atoms with E-state index in [0.717, 1.165) is 27.8 Å². The highest BCUT2D eigenvalue weighted by molar-refractivity contribution is 5.87. The zero-order chi connectivity index (χ0) is 19.7. The highest BCUT2D eigenvalue weighted by Gasteiger charge is 2.08. The summed E-state index contributed by atoms with van der Waals surface area (Å²) in [6.45, 7) is 2.86. The molecule has 0 amide bonds. The number of aromatic hydroxyl groups is 1. The maximum atomic E-state index is 11.5. The number of pyridine rings is 1. The van der Waals surface area contributed by atoms with Crippen molar-refractivity contribution >= 4 is 10.8 Å². The van der Waals surface area contributed by atoms with Crippen LogP contribution in [0.4, 0.5) is 0 Å². The quantitative estimate of drug-likeness (QED) is 0.579. The fraction of sp³-hybridized carbons (Fsp3) is 0.190.